The second-order valence-corrected chi connectivity index (χ2v) is 5.41. The van der Waals surface area contributed by atoms with E-state index in [0.717, 1.165) is 27.6 Å². The molecule has 0 atom stereocenters. The molecule has 19 heavy (non-hydrogen) atoms. The van der Waals surface area contributed by atoms with Crippen molar-refractivity contribution < 1.29 is 0 Å². The first-order valence-electron chi connectivity index (χ1n) is 5.70. The Balaban J connectivity index is 1.80. The van der Waals surface area contributed by atoms with E-state index in [1.807, 2.05) is 30.3 Å². The lowest BCUT2D eigenvalue weighted by Gasteiger charge is -2.00. The van der Waals surface area contributed by atoms with E-state index < -0.39 is 0 Å². The van der Waals surface area contributed by atoms with Crippen LogP contribution in [0.25, 0.3) is 11.0 Å². The number of nitrogen functional groups attached to an aromatic ring is 1. The number of imidazole rings is 1. The molecule has 0 saturated heterocycles. The highest BCUT2D eigenvalue weighted by Gasteiger charge is 2.06. The van der Waals surface area contributed by atoms with Gasteiger partial charge in [-0.05, 0) is 30.3 Å². The average Bonchev–Trinajstić information content (AvgIpc) is 2.79. The number of anilines is 1. The summed E-state index contributed by atoms with van der Waals surface area (Å²) in [6.45, 7) is 0. The van der Waals surface area contributed by atoms with Gasteiger partial charge in [0.05, 0.1) is 21.8 Å². The van der Waals surface area contributed by atoms with E-state index in [0.29, 0.717) is 10.8 Å². The fraction of sp³-hybridized carbons (Fsp3) is 0.0769. The van der Waals surface area contributed by atoms with Crippen molar-refractivity contribution in [3.63, 3.8) is 0 Å². The molecule has 6 heteroatoms. The molecule has 0 saturated carbocycles. The van der Waals surface area contributed by atoms with Crippen LogP contribution in [-0.2, 0) is 5.75 Å². The number of pyridine rings is 1. The smallest absolute Gasteiger partial charge is 0.117 e. The van der Waals surface area contributed by atoms with Gasteiger partial charge < -0.3 is 10.7 Å². The molecule has 3 N–H and O–H groups in total. The zero-order valence-electron chi connectivity index (χ0n) is 9.93. The summed E-state index contributed by atoms with van der Waals surface area (Å²) in [6, 6.07) is 9.27. The van der Waals surface area contributed by atoms with Crippen molar-refractivity contribution in [2.45, 2.75) is 10.8 Å². The Morgan fingerprint density at radius 3 is 3.05 bits per heavy atom. The van der Waals surface area contributed by atoms with E-state index in [-0.39, 0.29) is 0 Å². The normalized spacial score (nSPS) is 11.0. The predicted octanol–water partition coefficient (Wildman–Crippen LogP) is 3.49. The molecule has 0 aliphatic rings. The third kappa shape index (κ3) is 2.67. The number of fused-ring (bicyclic) bond motifs is 1. The number of hydrogen-bond acceptors (Lipinski definition) is 4. The Bertz CT molecular complexity index is 725. The summed E-state index contributed by atoms with van der Waals surface area (Å²) in [5.41, 5.74) is 8.32. The molecule has 96 valence electrons. The van der Waals surface area contributed by atoms with Crippen LogP contribution in [0.4, 0.5) is 5.69 Å². The van der Waals surface area contributed by atoms with Crippen LogP contribution in [0.5, 0.6) is 0 Å². The molecule has 0 unspecified atom stereocenters. The third-order valence-electron chi connectivity index (χ3n) is 2.63. The van der Waals surface area contributed by atoms with Crippen molar-refractivity contribution in [3.05, 3.63) is 47.4 Å². The van der Waals surface area contributed by atoms with Crippen LogP contribution in [-0.4, -0.2) is 15.0 Å². The second-order valence-electron chi connectivity index (χ2n) is 4.04. The second kappa shape index (κ2) is 5.11. The Labute approximate surface area is 119 Å². The Morgan fingerprint density at radius 1 is 1.32 bits per heavy atom. The highest BCUT2D eigenvalue weighted by atomic mass is 35.5. The molecular weight excluding hydrogens is 280 g/mol. The molecule has 0 aliphatic carbocycles. The molecule has 0 spiro atoms. The van der Waals surface area contributed by atoms with Gasteiger partial charge in [-0.1, -0.05) is 23.4 Å². The first-order chi connectivity index (χ1) is 9.22. The van der Waals surface area contributed by atoms with Crippen LogP contribution in [0.1, 0.15) is 5.82 Å². The number of aromatic amines is 1. The number of rotatable bonds is 3. The molecule has 2 aromatic heterocycles. The van der Waals surface area contributed by atoms with Crippen molar-refractivity contribution in [1.29, 1.82) is 0 Å². The molecule has 0 amide bonds. The molecule has 3 aromatic rings. The summed E-state index contributed by atoms with van der Waals surface area (Å²) in [4.78, 5) is 12.0. The number of nitrogens with zero attached hydrogens (tertiary/aromatic N) is 2. The summed E-state index contributed by atoms with van der Waals surface area (Å²) < 4.78 is 0. The number of nitrogens with two attached hydrogens (primary N) is 1. The Hall–Kier alpha value is -1.72. The SMILES string of the molecule is Nc1ccc2nc(CSc3ncccc3Cl)[nH]c2c1. The summed E-state index contributed by atoms with van der Waals surface area (Å²) in [7, 11) is 0. The maximum atomic E-state index is 6.06. The minimum Gasteiger partial charge on any atom is -0.399 e. The van der Waals surface area contributed by atoms with E-state index in [2.05, 4.69) is 15.0 Å². The minimum absolute atomic E-state index is 0.660. The van der Waals surface area contributed by atoms with E-state index in [4.69, 9.17) is 17.3 Å². The van der Waals surface area contributed by atoms with Crippen LogP contribution in [0, 0.1) is 0 Å². The van der Waals surface area contributed by atoms with Gasteiger partial charge in [0.1, 0.15) is 10.9 Å². The van der Waals surface area contributed by atoms with Gasteiger partial charge in [0.25, 0.3) is 0 Å². The molecule has 2 heterocycles. The van der Waals surface area contributed by atoms with Crippen molar-refractivity contribution in [2.75, 3.05) is 5.73 Å². The van der Waals surface area contributed by atoms with Gasteiger partial charge in [-0.25, -0.2) is 9.97 Å². The van der Waals surface area contributed by atoms with Crippen molar-refractivity contribution >= 4 is 40.1 Å². The molecule has 0 fully saturated rings. The molecular formula is C13H11ClN4S. The molecule has 0 radical (unpaired) electrons. The molecule has 3 rings (SSSR count). The highest BCUT2D eigenvalue weighted by Crippen LogP contribution is 2.27. The van der Waals surface area contributed by atoms with Crippen LogP contribution in [0.2, 0.25) is 5.02 Å². The summed E-state index contributed by atoms with van der Waals surface area (Å²) in [5.74, 6) is 1.57. The van der Waals surface area contributed by atoms with Crippen molar-refractivity contribution in [2.24, 2.45) is 0 Å². The quantitative estimate of drug-likeness (QED) is 0.572. The first-order valence-corrected chi connectivity index (χ1v) is 7.06. The van der Waals surface area contributed by atoms with E-state index in [1.165, 1.54) is 0 Å². The van der Waals surface area contributed by atoms with Crippen LogP contribution in [0.15, 0.2) is 41.6 Å². The Kier molecular flexibility index (Phi) is 3.31. The van der Waals surface area contributed by atoms with Gasteiger partial charge in [-0.3, -0.25) is 0 Å². The van der Waals surface area contributed by atoms with Gasteiger partial charge >= 0.3 is 0 Å². The molecule has 0 bridgehead atoms. The maximum absolute atomic E-state index is 6.06. The lowest BCUT2D eigenvalue weighted by molar-refractivity contribution is 1.10. The summed E-state index contributed by atoms with van der Waals surface area (Å²) in [5, 5.41) is 1.47. The zero-order chi connectivity index (χ0) is 13.2. The standard InChI is InChI=1S/C13H11ClN4S/c14-9-2-1-5-16-13(9)19-7-12-17-10-4-3-8(15)6-11(10)18-12/h1-6H,7,15H2,(H,17,18). The minimum atomic E-state index is 0.660. The van der Waals surface area contributed by atoms with Gasteiger partial charge in [0.15, 0.2) is 0 Å². The fourth-order valence-corrected chi connectivity index (χ4v) is 2.80. The average molecular weight is 291 g/mol. The van der Waals surface area contributed by atoms with E-state index >= 15 is 0 Å². The maximum Gasteiger partial charge on any atom is 0.117 e. The van der Waals surface area contributed by atoms with Gasteiger partial charge in [-0.2, -0.15) is 0 Å². The van der Waals surface area contributed by atoms with Crippen LogP contribution < -0.4 is 5.73 Å². The number of hydrogen-bond donors (Lipinski definition) is 2. The number of aromatic nitrogens is 3. The van der Waals surface area contributed by atoms with E-state index in [9.17, 15) is 0 Å². The van der Waals surface area contributed by atoms with Gasteiger partial charge in [0, 0.05) is 11.9 Å². The number of benzene rings is 1. The predicted molar refractivity (Wildman–Crippen MR) is 79.3 cm³/mol. The summed E-state index contributed by atoms with van der Waals surface area (Å²) >= 11 is 7.61. The Morgan fingerprint density at radius 2 is 2.21 bits per heavy atom. The molecule has 0 aliphatic heterocycles. The monoisotopic (exact) mass is 290 g/mol. The number of halogens is 1. The topological polar surface area (TPSA) is 67.6 Å². The largest absolute Gasteiger partial charge is 0.399 e. The fourth-order valence-electron chi connectivity index (χ4n) is 1.76. The van der Waals surface area contributed by atoms with Gasteiger partial charge in [-0.15, -0.1) is 0 Å². The van der Waals surface area contributed by atoms with Crippen molar-refractivity contribution in [3.8, 4) is 0 Å². The zero-order valence-corrected chi connectivity index (χ0v) is 11.5. The third-order valence-corrected chi connectivity index (χ3v) is 4.06. The van der Waals surface area contributed by atoms with Crippen LogP contribution >= 0.6 is 23.4 Å². The molecule has 4 nitrogen and oxygen atoms in total. The summed E-state index contributed by atoms with van der Waals surface area (Å²) in [6.07, 6.45) is 1.73. The first kappa shape index (κ1) is 12.3. The highest BCUT2D eigenvalue weighted by molar-refractivity contribution is 7.98. The lowest BCUT2D eigenvalue weighted by Crippen LogP contribution is -1.86. The van der Waals surface area contributed by atoms with Gasteiger partial charge in [0.2, 0.25) is 0 Å². The molecule has 1 aromatic carbocycles. The number of H-pyrrole nitrogens is 1. The van der Waals surface area contributed by atoms with E-state index in [1.54, 1.807) is 18.0 Å². The lowest BCUT2D eigenvalue weighted by atomic mass is 10.3. The number of thioether (sulfide) groups is 1. The number of nitrogens with one attached hydrogen (secondary N) is 1. The van der Waals surface area contributed by atoms with Crippen molar-refractivity contribution in [1.82, 2.24) is 15.0 Å². The van der Waals surface area contributed by atoms with Crippen LogP contribution in [0.3, 0.4) is 0 Å².